The third kappa shape index (κ3) is 6.92. The fourth-order valence-corrected chi connectivity index (χ4v) is 2.89. The van der Waals surface area contributed by atoms with Crippen LogP contribution in [0.4, 0.5) is 15.9 Å². The van der Waals surface area contributed by atoms with E-state index in [0.717, 1.165) is 11.5 Å². The lowest BCUT2D eigenvalue weighted by Crippen LogP contribution is -2.36. The number of ether oxygens (including phenoxy) is 3. The molecule has 0 aliphatic carbocycles. The van der Waals surface area contributed by atoms with E-state index in [1.807, 2.05) is 0 Å². The van der Waals surface area contributed by atoms with Crippen LogP contribution in [0.1, 0.15) is 20.1 Å². The number of nitrogens with zero attached hydrogens (tertiary/aromatic N) is 2. The molecule has 2 aromatic rings. The zero-order valence-electron chi connectivity index (χ0n) is 17.1. The van der Waals surface area contributed by atoms with Crippen molar-refractivity contribution in [3.63, 3.8) is 0 Å². The zero-order valence-corrected chi connectivity index (χ0v) is 18.7. The van der Waals surface area contributed by atoms with Crippen molar-refractivity contribution < 1.29 is 38.4 Å². The normalized spacial score (nSPS) is 12.6. The van der Waals surface area contributed by atoms with Crippen LogP contribution in [-0.2, 0) is 23.8 Å². The van der Waals surface area contributed by atoms with E-state index in [0.29, 0.717) is 0 Å². The number of alkyl halides is 1. The molecular formula is C19H21BrFN3O8. The number of anilines is 2. The highest BCUT2D eigenvalue weighted by Gasteiger charge is 2.27. The van der Waals surface area contributed by atoms with Gasteiger partial charge in [-0.25, -0.2) is 9.18 Å². The van der Waals surface area contributed by atoms with Crippen LogP contribution in [0.5, 0.6) is 11.5 Å². The van der Waals surface area contributed by atoms with Gasteiger partial charge in [-0.15, -0.1) is 0 Å². The monoisotopic (exact) mass is 517 g/mol. The Bertz CT molecular complexity index is 1010. The van der Waals surface area contributed by atoms with E-state index >= 15 is 0 Å². The summed E-state index contributed by atoms with van der Waals surface area (Å²) < 4.78 is 30.5. The minimum absolute atomic E-state index is 0.0721. The molecule has 0 amide bonds. The average Bonchev–Trinajstić information content (AvgIpc) is 2.71. The van der Waals surface area contributed by atoms with E-state index in [-0.39, 0.29) is 40.7 Å². The maximum absolute atomic E-state index is 14.8. The Hall–Kier alpha value is -3.19. The van der Waals surface area contributed by atoms with Gasteiger partial charge in [-0.2, -0.15) is 4.98 Å². The molecule has 2 rings (SSSR count). The predicted octanol–water partition coefficient (Wildman–Crippen LogP) is 2.14. The highest BCUT2D eigenvalue weighted by atomic mass is 79.9. The summed E-state index contributed by atoms with van der Waals surface area (Å²) in [5.41, 5.74) is -1.04. The maximum Gasteiger partial charge on any atom is 0.351 e. The molecule has 0 fully saturated rings. The molecule has 0 bridgehead atoms. The molecule has 0 radical (unpaired) electrons. The first-order valence-electron chi connectivity index (χ1n) is 9.19. The van der Waals surface area contributed by atoms with Crippen molar-refractivity contribution in [1.82, 2.24) is 9.55 Å². The molecule has 174 valence electrons. The summed E-state index contributed by atoms with van der Waals surface area (Å²) in [5, 5.41) is 22.4. The first kappa shape index (κ1) is 25.1. The largest absolute Gasteiger partial charge is 0.506 e. The molecule has 2 atom stereocenters. The van der Waals surface area contributed by atoms with E-state index in [4.69, 9.17) is 9.47 Å². The fraction of sp³-hybridized carbons (Fsp3) is 0.368. The van der Waals surface area contributed by atoms with Crippen molar-refractivity contribution in [2.75, 3.05) is 25.1 Å². The molecular weight excluding hydrogens is 497 g/mol. The van der Waals surface area contributed by atoms with Gasteiger partial charge >= 0.3 is 17.6 Å². The number of aromatic nitrogens is 2. The first-order chi connectivity index (χ1) is 15.1. The Labute approximate surface area is 189 Å². The summed E-state index contributed by atoms with van der Waals surface area (Å²) in [6, 6.07) is 4.04. The van der Waals surface area contributed by atoms with E-state index in [1.165, 1.54) is 31.3 Å². The van der Waals surface area contributed by atoms with Crippen LogP contribution in [0.3, 0.4) is 0 Å². The van der Waals surface area contributed by atoms with Crippen LogP contribution in [0.15, 0.2) is 33.7 Å². The number of halogens is 2. The maximum atomic E-state index is 14.8. The van der Waals surface area contributed by atoms with E-state index < -0.39 is 36.6 Å². The number of hydrogen-bond donors (Lipinski definition) is 3. The third-order valence-corrected chi connectivity index (χ3v) is 4.46. The summed E-state index contributed by atoms with van der Waals surface area (Å²) in [6.07, 6.45) is -2.34. The molecule has 1 heterocycles. The zero-order chi connectivity index (χ0) is 23.8. The second-order valence-electron chi connectivity index (χ2n) is 6.34. The Morgan fingerprint density at radius 2 is 1.81 bits per heavy atom. The van der Waals surface area contributed by atoms with Crippen molar-refractivity contribution in [3.05, 3.63) is 39.4 Å². The number of phenols is 2. The van der Waals surface area contributed by atoms with Gasteiger partial charge in [-0.05, 0) is 28.1 Å². The Morgan fingerprint density at radius 3 is 2.41 bits per heavy atom. The van der Waals surface area contributed by atoms with Crippen LogP contribution >= 0.6 is 15.9 Å². The standard InChI is InChI=1S/C19H21BrFN3O8/c1-10(25)30-6-7-31-18(13(21)9-32-11(2)26)24-8-12(20)17(23-19(24)29)22-16-14(27)4-3-5-15(16)28/h3-5,8,13,18,27-28H,6-7,9H2,1-2H3,(H,22,23,29)/t13?,18-/m1/s1. The Balaban J connectivity index is 2.31. The van der Waals surface area contributed by atoms with Crippen molar-refractivity contribution in [1.29, 1.82) is 0 Å². The summed E-state index contributed by atoms with van der Waals surface area (Å²) in [6.45, 7) is 1.16. The van der Waals surface area contributed by atoms with Gasteiger partial charge in [0.25, 0.3) is 0 Å². The molecule has 0 saturated heterocycles. The smallest absolute Gasteiger partial charge is 0.351 e. The molecule has 32 heavy (non-hydrogen) atoms. The van der Waals surface area contributed by atoms with Gasteiger partial charge in [0.05, 0.1) is 11.1 Å². The fourth-order valence-electron chi connectivity index (χ4n) is 2.48. The highest BCUT2D eigenvalue weighted by Crippen LogP contribution is 2.36. The summed E-state index contributed by atoms with van der Waals surface area (Å²) in [7, 11) is 0. The van der Waals surface area contributed by atoms with Crippen molar-refractivity contribution in [2.45, 2.75) is 26.2 Å². The van der Waals surface area contributed by atoms with Crippen LogP contribution in [0.25, 0.3) is 0 Å². The molecule has 0 aliphatic heterocycles. The predicted molar refractivity (Wildman–Crippen MR) is 112 cm³/mol. The van der Waals surface area contributed by atoms with Gasteiger partial charge in [0, 0.05) is 20.0 Å². The van der Waals surface area contributed by atoms with Crippen molar-refractivity contribution in [2.24, 2.45) is 0 Å². The van der Waals surface area contributed by atoms with Gasteiger partial charge in [0.1, 0.15) is 30.4 Å². The van der Waals surface area contributed by atoms with Crippen LogP contribution < -0.4 is 11.0 Å². The number of esters is 2. The number of nitrogens with one attached hydrogen (secondary N) is 1. The van der Waals surface area contributed by atoms with Crippen LogP contribution in [-0.4, -0.2) is 57.7 Å². The number of hydrogen-bond acceptors (Lipinski definition) is 10. The van der Waals surface area contributed by atoms with E-state index in [1.54, 1.807) is 0 Å². The second-order valence-corrected chi connectivity index (χ2v) is 7.20. The molecule has 0 spiro atoms. The van der Waals surface area contributed by atoms with Crippen LogP contribution in [0, 0.1) is 0 Å². The molecule has 3 N–H and O–H groups in total. The SMILES string of the molecule is CC(=O)OCCO[C@H](C(F)COC(C)=O)n1cc(Br)c(Nc2c(O)cccc2O)nc1=O. The second kappa shape index (κ2) is 11.4. The molecule has 0 saturated carbocycles. The summed E-state index contributed by atoms with van der Waals surface area (Å²) in [5.74, 6) is -1.94. The number of para-hydroxylation sites is 1. The number of carbonyl (C=O) groups is 2. The molecule has 13 heteroatoms. The lowest BCUT2D eigenvalue weighted by molar-refractivity contribution is -0.151. The summed E-state index contributed by atoms with van der Waals surface area (Å²) >= 11 is 3.19. The van der Waals surface area contributed by atoms with Gasteiger partial charge in [0.2, 0.25) is 0 Å². The molecule has 1 aromatic carbocycles. The highest BCUT2D eigenvalue weighted by molar-refractivity contribution is 9.10. The van der Waals surface area contributed by atoms with Crippen molar-refractivity contribution in [3.8, 4) is 11.5 Å². The average molecular weight is 518 g/mol. The van der Waals surface area contributed by atoms with Crippen LogP contribution in [0.2, 0.25) is 0 Å². The Morgan fingerprint density at radius 1 is 1.19 bits per heavy atom. The van der Waals surface area contributed by atoms with Crippen molar-refractivity contribution >= 4 is 39.4 Å². The van der Waals surface area contributed by atoms with Gasteiger partial charge < -0.3 is 29.7 Å². The first-order valence-corrected chi connectivity index (χ1v) is 9.98. The minimum Gasteiger partial charge on any atom is -0.506 e. The number of rotatable bonds is 10. The minimum atomic E-state index is -1.95. The Kier molecular flexibility index (Phi) is 8.96. The molecule has 1 unspecified atom stereocenters. The molecule has 11 nitrogen and oxygen atoms in total. The molecule has 0 aliphatic rings. The lowest BCUT2D eigenvalue weighted by atomic mass is 10.2. The van der Waals surface area contributed by atoms with E-state index in [2.05, 4.69) is 31.0 Å². The number of benzene rings is 1. The lowest BCUT2D eigenvalue weighted by Gasteiger charge is -2.24. The number of aromatic hydroxyl groups is 2. The van der Waals surface area contributed by atoms with Gasteiger partial charge in [-0.3, -0.25) is 14.2 Å². The number of carbonyl (C=O) groups excluding carboxylic acids is 2. The van der Waals surface area contributed by atoms with Gasteiger partial charge in [0.15, 0.2) is 18.2 Å². The van der Waals surface area contributed by atoms with Gasteiger partial charge in [-0.1, -0.05) is 6.07 Å². The topological polar surface area (TPSA) is 149 Å². The summed E-state index contributed by atoms with van der Waals surface area (Å²) in [4.78, 5) is 38.3. The van der Waals surface area contributed by atoms with E-state index in [9.17, 15) is 29.0 Å². The number of phenolic OH excluding ortho intramolecular Hbond substituents is 2. The third-order valence-electron chi connectivity index (χ3n) is 3.88. The molecule has 1 aromatic heterocycles. The quantitative estimate of drug-likeness (QED) is 0.243.